The third kappa shape index (κ3) is 11.0. The van der Waals surface area contributed by atoms with Gasteiger partial charge in [0.15, 0.2) is 0 Å². The van der Waals surface area contributed by atoms with E-state index < -0.39 is 0 Å². The molecule has 5 nitrogen and oxygen atoms in total. The molecule has 0 aliphatic heterocycles. The quantitative estimate of drug-likeness (QED) is 0.182. The molecular weight excluding hydrogens is 450 g/mol. The number of ether oxygens (including phenoxy) is 4. The zero-order valence-corrected chi connectivity index (χ0v) is 21.6. The van der Waals surface area contributed by atoms with E-state index in [2.05, 4.69) is 18.3 Å². The van der Waals surface area contributed by atoms with Crippen molar-refractivity contribution in [2.75, 3.05) is 33.0 Å². The van der Waals surface area contributed by atoms with E-state index in [1.807, 2.05) is 72.8 Å². The highest BCUT2D eigenvalue weighted by molar-refractivity contribution is 5.41. The maximum Gasteiger partial charge on any atom is 0.127 e. The predicted molar refractivity (Wildman–Crippen MR) is 146 cm³/mol. The van der Waals surface area contributed by atoms with Crippen LogP contribution in [0.4, 0.5) is 0 Å². The van der Waals surface area contributed by atoms with Gasteiger partial charge in [0.1, 0.15) is 49.4 Å². The van der Waals surface area contributed by atoms with Crippen molar-refractivity contribution in [3.63, 3.8) is 0 Å². The molecule has 0 saturated carbocycles. The van der Waals surface area contributed by atoms with Gasteiger partial charge in [0.05, 0.1) is 0 Å². The van der Waals surface area contributed by atoms with E-state index in [1.54, 1.807) is 0 Å². The molecule has 0 aliphatic rings. The molecule has 0 aromatic heterocycles. The lowest BCUT2D eigenvalue weighted by Gasteiger charge is -2.15. The van der Waals surface area contributed by atoms with Crippen molar-refractivity contribution in [3.8, 4) is 23.0 Å². The molecule has 5 heteroatoms. The highest BCUT2D eigenvalue weighted by Crippen LogP contribution is 2.25. The number of nitrogens with one attached hydrogen (secondary N) is 1. The summed E-state index contributed by atoms with van der Waals surface area (Å²) < 4.78 is 23.6. The van der Waals surface area contributed by atoms with E-state index in [0.29, 0.717) is 26.4 Å². The van der Waals surface area contributed by atoms with Crippen LogP contribution in [0.15, 0.2) is 78.9 Å². The maximum absolute atomic E-state index is 6.12. The van der Waals surface area contributed by atoms with Gasteiger partial charge < -0.3 is 24.3 Å². The molecular formula is C31H41NO4. The minimum atomic E-state index is 0.458. The average molecular weight is 492 g/mol. The van der Waals surface area contributed by atoms with Gasteiger partial charge in [0.25, 0.3) is 0 Å². The van der Waals surface area contributed by atoms with Crippen molar-refractivity contribution in [3.05, 3.63) is 84.4 Å². The van der Waals surface area contributed by atoms with Crippen LogP contribution in [0.5, 0.6) is 23.0 Å². The van der Waals surface area contributed by atoms with Crippen LogP contribution in [-0.2, 0) is 6.54 Å². The summed E-state index contributed by atoms with van der Waals surface area (Å²) in [6.07, 6.45) is 7.78. The normalized spacial score (nSPS) is 10.7. The van der Waals surface area contributed by atoms with Crippen LogP contribution in [0, 0.1) is 0 Å². The zero-order chi connectivity index (χ0) is 25.1. The van der Waals surface area contributed by atoms with Crippen LogP contribution < -0.4 is 24.3 Å². The first-order valence-electron chi connectivity index (χ1n) is 13.3. The Kier molecular flexibility index (Phi) is 13.2. The summed E-state index contributed by atoms with van der Waals surface area (Å²) in [4.78, 5) is 0. The molecule has 194 valence electrons. The fourth-order valence-corrected chi connectivity index (χ4v) is 3.82. The summed E-state index contributed by atoms with van der Waals surface area (Å²) in [6.45, 7) is 5.90. The summed E-state index contributed by atoms with van der Waals surface area (Å²) >= 11 is 0. The van der Waals surface area contributed by atoms with Gasteiger partial charge in [0.2, 0.25) is 0 Å². The molecule has 0 bridgehead atoms. The molecule has 0 amide bonds. The van der Waals surface area contributed by atoms with Gasteiger partial charge in [-0.3, -0.25) is 0 Å². The molecule has 3 rings (SSSR count). The van der Waals surface area contributed by atoms with Gasteiger partial charge >= 0.3 is 0 Å². The summed E-state index contributed by atoms with van der Waals surface area (Å²) in [6, 6.07) is 25.6. The molecule has 0 fully saturated rings. The molecule has 0 spiro atoms. The standard InChI is InChI=1S/C31H41NO4/c1-2-3-4-5-6-13-20-32-26-27-18-19-30(35-22-21-33-28-14-9-7-10-15-28)25-31(27)36-24-23-34-29-16-11-8-12-17-29/h7-12,14-19,25,32H,2-6,13,20-24,26H2,1H3. The number of para-hydroxylation sites is 2. The minimum Gasteiger partial charge on any atom is -0.490 e. The smallest absolute Gasteiger partial charge is 0.127 e. The molecule has 36 heavy (non-hydrogen) atoms. The largest absolute Gasteiger partial charge is 0.490 e. The summed E-state index contributed by atoms with van der Waals surface area (Å²) in [7, 11) is 0. The Morgan fingerprint density at radius 3 is 1.75 bits per heavy atom. The fourth-order valence-electron chi connectivity index (χ4n) is 3.82. The van der Waals surface area contributed by atoms with E-state index in [1.165, 1.54) is 38.5 Å². The molecule has 0 unspecified atom stereocenters. The second kappa shape index (κ2) is 17.3. The summed E-state index contributed by atoms with van der Waals surface area (Å²) in [5.41, 5.74) is 1.12. The monoisotopic (exact) mass is 491 g/mol. The van der Waals surface area contributed by atoms with Crippen molar-refractivity contribution < 1.29 is 18.9 Å². The summed E-state index contributed by atoms with van der Waals surface area (Å²) in [5.74, 6) is 3.28. The lowest BCUT2D eigenvalue weighted by atomic mass is 10.1. The summed E-state index contributed by atoms with van der Waals surface area (Å²) in [5, 5.41) is 3.57. The SMILES string of the molecule is CCCCCCCCNCc1ccc(OCCOc2ccccc2)cc1OCCOc1ccccc1. The zero-order valence-electron chi connectivity index (χ0n) is 21.6. The van der Waals surface area contributed by atoms with Gasteiger partial charge in [0, 0.05) is 18.2 Å². The van der Waals surface area contributed by atoms with Gasteiger partial charge in [-0.2, -0.15) is 0 Å². The first-order valence-corrected chi connectivity index (χ1v) is 13.3. The Hall–Kier alpha value is -3.18. The highest BCUT2D eigenvalue weighted by atomic mass is 16.5. The third-order valence-corrected chi connectivity index (χ3v) is 5.78. The van der Waals surface area contributed by atoms with Gasteiger partial charge in [-0.1, -0.05) is 81.5 Å². The fraction of sp³-hybridized carbons (Fsp3) is 0.419. The van der Waals surface area contributed by atoms with Crippen LogP contribution in [-0.4, -0.2) is 33.0 Å². The maximum atomic E-state index is 6.12. The van der Waals surface area contributed by atoms with Gasteiger partial charge in [-0.15, -0.1) is 0 Å². The number of unbranched alkanes of at least 4 members (excludes halogenated alkanes) is 5. The second-order valence-electron chi connectivity index (χ2n) is 8.73. The van der Waals surface area contributed by atoms with Crippen LogP contribution >= 0.6 is 0 Å². The Morgan fingerprint density at radius 1 is 0.556 bits per heavy atom. The van der Waals surface area contributed by atoms with Gasteiger partial charge in [-0.05, 0) is 43.3 Å². The number of benzene rings is 3. The third-order valence-electron chi connectivity index (χ3n) is 5.78. The molecule has 0 radical (unpaired) electrons. The van der Waals surface area contributed by atoms with Gasteiger partial charge in [-0.25, -0.2) is 0 Å². The first-order chi connectivity index (χ1) is 17.8. The van der Waals surface area contributed by atoms with Crippen molar-refractivity contribution in [2.45, 2.75) is 52.0 Å². The highest BCUT2D eigenvalue weighted by Gasteiger charge is 2.07. The predicted octanol–water partition coefficient (Wildman–Crippen LogP) is 7.05. The van der Waals surface area contributed by atoms with Crippen molar-refractivity contribution in [2.24, 2.45) is 0 Å². The van der Waals surface area contributed by atoms with Crippen molar-refractivity contribution in [1.82, 2.24) is 5.32 Å². The van der Waals surface area contributed by atoms with Crippen LogP contribution in [0.2, 0.25) is 0 Å². The topological polar surface area (TPSA) is 49.0 Å². The Morgan fingerprint density at radius 2 is 1.11 bits per heavy atom. The molecule has 3 aromatic carbocycles. The Labute approximate surface area is 216 Å². The van der Waals surface area contributed by atoms with Crippen LogP contribution in [0.25, 0.3) is 0 Å². The molecule has 1 N–H and O–H groups in total. The minimum absolute atomic E-state index is 0.458. The second-order valence-corrected chi connectivity index (χ2v) is 8.73. The van der Waals surface area contributed by atoms with Crippen molar-refractivity contribution in [1.29, 1.82) is 0 Å². The first kappa shape index (κ1) is 27.4. The van der Waals surface area contributed by atoms with Crippen LogP contribution in [0.3, 0.4) is 0 Å². The van der Waals surface area contributed by atoms with Crippen molar-refractivity contribution >= 4 is 0 Å². The Balaban J connectivity index is 1.46. The lowest BCUT2D eigenvalue weighted by molar-refractivity contribution is 0.208. The number of hydrogen-bond donors (Lipinski definition) is 1. The van der Waals surface area contributed by atoms with Crippen LogP contribution in [0.1, 0.15) is 51.0 Å². The molecule has 0 atom stereocenters. The molecule has 3 aromatic rings. The molecule has 0 aliphatic carbocycles. The molecule has 0 heterocycles. The van der Waals surface area contributed by atoms with E-state index in [0.717, 1.165) is 41.7 Å². The van der Waals surface area contributed by atoms with E-state index in [4.69, 9.17) is 18.9 Å². The van der Waals surface area contributed by atoms with E-state index in [9.17, 15) is 0 Å². The Bertz CT molecular complexity index is 949. The van der Waals surface area contributed by atoms with E-state index >= 15 is 0 Å². The number of rotatable bonds is 19. The molecule has 0 saturated heterocycles. The lowest BCUT2D eigenvalue weighted by Crippen LogP contribution is -2.17. The number of hydrogen-bond acceptors (Lipinski definition) is 5. The average Bonchev–Trinajstić information content (AvgIpc) is 2.92. The van der Waals surface area contributed by atoms with E-state index in [-0.39, 0.29) is 0 Å².